The molecule has 4 atom stereocenters. The van der Waals surface area contributed by atoms with Crippen molar-refractivity contribution in [1.82, 2.24) is 19.7 Å². The fraction of sp³-hybridized carbons (Fsp3) is 0.760. The van der Waals surface area contributed by atoms with Crippen LogP contribution in [-0.2, 0) is 20.0 Å². The maximum atomic E-state index is 12.9. The van der Waals surface area contributed by atoms with E-state index in [0.717, 1.165) is 0 Å². The maximum Gasteiger partial charge on any atom is 0.330 e. The number of nitrogens with zero attached hydrogens (tertiary/aromatic N) is 3. The number of aromatic amines is 1. The van der Waals surface area contributed by atoms with Gasteiger partial charge in [-0.05, 0) is 36.3 Å². The van der Waals surface area contributed by atoms with Crippen LogP contribution in [0, 0.1) is 12.8 Å². The summed E-state index contributed by atoms with van der Waals surface area (Å²) in [5, 5.41) is 4.09. The van der Waals surface area contributed by atoms with Crippen LogP contribution in [0.2, 0.25) is 36.3 Å². The molecule has 1 aliphatic heterocycles. The smallest absolute Gasteiger partial charge is 0.330 e. The van der Waals surface area contributed by atoms with E-state index in [4.69, 9.17) is 18.1 Å². The summed E-state index contributed by atoms with van der Waals surface area (Å²) in [5.41, 5.74) is -1.00. The zero-order chi connectivity index (χ0) is 28.0. The summed E-state index contributed by atoms with van der Waals surface area (Å²) < 4.78 is 26.8. The molecule has 2 aromatic rings. The normalized spacial score (nSPS) is 23.5. The zero-order valence-corrected chi connectivity index (χ0v) is 26.2. The molecule has 208 valence electrons. The van der Waals surface area contributed by atoms with E-state index in [9.17, 15) is 9.59 Å². The van der Waals surface area contributed by atoms with Crippen molar-refractivity contribution in [3.8, 4) is 0 Å². The highest BCUT2D eigenvalue weighted by atomic mass is 28.4. The van der Waals surface area contributed by atoms with Gasteiger partial charge in [0.05, 0.1) is 18.8 Å². The standard InChI is InChI=1S/C25H44N4O6Si2/c1-16-26-19(28-34-16)14-17-18(15-32-36(8,9)24(2,3)4)33-22(29-13-12-20(30)27-23(29)31)21(17)35-37(10,11)25(5,6)7/h12-13,17-18,21-22H,14-15H2,1-11H3,(H,27,30,31)/t17-,18-,21-,22-/m0/s1. The van der Waals surface area contributed by atoms with Gasteiger partial charge < -0.3 is 18.1 Å². The van der Waals surface area contributed by atoms with E-state index in [0.29, 0.717) is 24.7 Å². The van der Waals surface area contributed by atoms with Gasteiger partial charge in [-0.15, -0.1) is 0 Å². The van der Waals surface area contributed by atoms with Gasteiger partial charge in [-0.1, -0.05) is 46.7 Å². The van der Waals surface area contributed by atoms with Crippen LogP contribution in [0.25, 0.3) is 0 Å². The number of aromatic nitrogens is 4. The van der Waals surface area contributed by atoms with Crippen LogP contribution in [0.15, 0.2) is 26.4 Å². The molecule has 1 fully saturated rings. The van der Waals surface area contributed by atoms with E-state index >= 15 is 0 Å². The Bertz CT molecular complexity index is 1190. The van der Waals surface area contributed by atoms with Gasteiger partial charge in [0.25, 0.3) is 5.56 Å². The molecule has 1 N–H and O–H groups in total. The van der Waals surface area contributed by atoms with Crippen LogP contribution >= 0.6 is 0 Å². The summed E-state index contributed by atoms with van der Waals surface area (Å²) in [4.78, 5) is 31.5. The highest BCUT2D eigenvalue weighted by Crippen LogP contribution is 2.45. The Morgan fingerprint density at radius 1 is 1.05 bits per heavy atom. The zero-order valence-electron chi connectivity index (χ0n) is 24.2. The molecule has 10 nitrogen and oxygen atoms in total. The van der Waals surface area contributed by atoms with Gasteiger partial charge in [0.15, 0.2) is 28.7 Å². The van der Waals surface area contributed by atoms with Crippen molar-refractivity contribution < 1.29 is 18.1 Å². The van der Waals surface area contributed by atoms with E-state index in [2.05, 4.69) is 82.9 Å². The Morgan fingerprint density at radius 2 is 1.68 bits per heavy atom. The first kappa shape index (κ1) is 29.7. The molecule has 0 aromatic carbocycles. The van der Waals surface area contributed by atoms with Crippen molar-refractivity contribution in [1.29, 1.82) is 0 Å². The maximum absolute atomic E-state index is 12.9. The van der Waals surface area contributed by atoms with Gasteiger partial charge in [0.2, 0.25) is 5.89 Å². The van der Waals surface area contributed by atoms with E-state index < -0.39 is 40.2 Å². The molecular weight excluding hydrogens is 508 g/mol. The SMILES string of the molecule is Cc1nc(C[C@@H]2[C@H](O[Si](C)(C)C(C)(C)C)[C@@H](n3ccc(=O)[nH]c3=O)O[C@H]2CO[Si](C)(C)C(C)(C)C)no1. The molecule has 12 heteroatoms. The van der Waals surface area contributed by atoms with Crippen LogP contribution in [-0.4, -0.2) is 55.1 Å². The van der Waals surface area contributed by atoms with E-state index in [1.807, 2.05) is 0 Å². The third-order valence-electron chi connectivity index (χ3n) is 8.26. The second-order valence-corrected chi connectivity index (χ2v) is 22.7. The average Bonchev–Trinajstić information content (AvgIpc) is 3.28. The van der Waals surface area contributed by atoms with Gasteiger partial charge in [-0.3, -0.25) is 14.3 Å². The van der Waals surface area contributed by atoms with Crippen LogP contribution in [0.1, 0.15) is 59.5 Å². The molecule has 0 radical (unpaired) electrons. The molecule has 3 heterocycles. The van der Waals surface area contributed by atoms with Crippen LogP contribution in [0.5, 0.6) is 0 Å². The first-order valence-electron chi connectivity index (χ1n) is 12.9. The molecule has 0 amide bonds. The van der Waals surface area contributed by atoms with Crippen molar-refractivity contribution in [3.05, 3.63) is 44.8 Å². The van der Waals surface area contributed by atoms with Crippen molar-refractivity contribution in [3.63, 3.8) is 0 Å². The highest BCUT2D eigenvalue weighted by molar-refractivity contribution is 6.74. The fourth-order valence-corrected chi connectivity index (χ4v) is 6.19. The van der Waals surface area contributed by atoms with Crippen molar-refractivity contribution in [2.45, 2.75) is 110 Å². The lowest BCUT2D eigenvalue weighted by atomic mass is 9.94. The largest absolute Gasteiger partial charge is 0.414 e. The highest BCUT2D eigenvalue weighted by Gasteiger charge is 2.52. The molecular formula is C25H44N4O6Si2. The second kappa shape index (κ2) is 10.4. The topological polar surface area (TPSA) is 121 Å². The number of H-pyrrole nitrogens is 1. The Balaban J connectivity index is 2.07. The molecule has 0 aliphatic carbocycles. The summed E-state index contributed by atoms with van der Waals surface area (Å²) in [6.07, 6.45) is 0.296. The van der Waals surface area contributed by atoms with Crippen LogP contribution < -0.4 is 11.2 Å². The number of nitrogens with one attached hydrogen (secondary N) is 1. The Kier molecular flexibility index (Phi) is 8.31. The molecule has 0 spiro atoms. The van der Waals surface area contributed by atoms with Crippen molar-refractivity contribution in [2.75, 3.05) is 6.61 Å². The predicted molar refractivity (Wildman–Crippen MR) is 147 cm³/mol. The molecule has 1 saturated heterocycles. The van der Waals surface area contributed by atoms with Gasteiger partial charge in [-0.2, -0.15) is 4.98 Å². The number of ether oxygens (including phenoxy) is 1. The number of hydrogen-bond donors (Lipinski definition) is 1. The molecule has 2 aromatic heterocycles. The summed E-state index contributed by atoms with van der Waals surface area (Å²) in [6, 6.07) is 1.32. The average molecular weight is 553 g/mol. The van der Waals surface area contributed by atoms with Crippen molar-refractivity contribution in [2.24, 2.45) is 5.92 Å². The first-order valence-corrected chi connectivity index (χ1v) is 18.7. The number of rotatable bonds is 8. The molecule has 0 saturated carbocycles. The summed E-state index contributed by atoms with van der Waals surface area (Å²) in [7, 11) is -4.40. The fourth-order valence-electron chi connectivity index (χ4n) is 3.85. The Morgan fingerprint density at radius 3 is 2.19 bits per heavy atom. The monoisotopic (exact) mass is 552 g/mol. The molecule has 0 bridgehead atoms. The minimum Gasteiger partial charge on any atom is -0.414 e. The van der Waals surface area contributed by atoms with E-state index in [1.165, 1.54) is 16.8 Å². The van der Waals surface area contributed by atoms with Gasteiger partial charge in [-0.25, -0.2) is 4.79 Å². The summed E-state index contributed by atoms with van der Waals surface area (Å²) >= 11 is 0. The van der Waals surface area contributed by atoms with Crippen LogP contribution in [0.3, 0.4) is 0 Å². The van der Waals surface area contributed by atoms with E-state index in [1.54, 1.807) is 6.92 Å². The summed E-state index contributed by atoms with van der Waals surface area (Å²) in [5.74, 6) is 0.833. The first-order chi connectivity index (χ1) is 16.8. The number of hydrogen-bond acceptors (Lipinski definition) is 8. The lowest BCUT2D eigenvalue weighted by molar-refractivity contribution is -0.0494. The Labute approximate surface area is 221 Å². The lowest BCUT2D eigenvalue weighted by Crippen LogP contribution is -2.49. The third-order valence-corrected chi connectivity index (χ3v) is 17.2. The minimum atomic E-state index is -2.31. The molecule has 37 heavy (non-hydrogen) atoms. The Hall–Kier alpha value is -1.87. The van der Waals surface area contributed by atoms with Gasteiger partial charge in [0.1, 0.15) is 0 Å². The minimum absolute atomic E-state index is 0.0260. The molecule has 1 aliphatic rings. The van der Waals surface area contributed by atoms with Gasteiger partial charge in [0, 0.05) is 31.5 Å². The quantitative estimate of drug-likeness (QED) is 0.479. The third kappa shape index (κ3) is 6.59. The van der Waals surface area contributed by atoms with Gasteiger partial charge >= 0.3 is 5.69 Å². The molecule has 3 rings (SSSR count). The number of aryl methyl sites for hydroxylation is 1. The van der Waals surface area contributed by atoms with Crippen LogP contribution in [0.4, 0.5) is 0 Å². The molecule has 0 unspecified atom stereocenters. The predicted octanol–water partition coefficient (Wildman–Crippen LogP) is 4.40. The second-order valence-electron chi connectivity index (χ2n) is 13.1. The van der Waals surface area contributed by atoms with E-state index in [-0.39, 0.29) is 22.1 Å². The lowest BCUT2D eigenvalue weighted by Gasteiger charge is -2.41. The summed E-state index contributed by atoms with van der Waals surface area (Å²) in [6.45, 7) is 24.0. The van der Waals surface area contributed by atoms with Crippen molar-refractivity contribution >= 4 is 16.6 Å².